The molecule has 3 aromatic rings. The largest absolute Gasteiger partial charge is 0.339 e. The summed E-state index contributed by atoms with van der Waals surface area (Å²) >= 11 is 1.70. The van der Waals surface area contributed by atoms with Gasteiger partial charge in [0, 0.05) is 35.2 Å². The Morgan fingerprint density at radius 2 is 1.50 bits per heavy atom. The first kappa shape index (κ1) is 21.9. The summed E-state index contributed by atoms with van der Waals surface area (Å²) in [5, 5.41) is 9.24. The van der Waals surface area contributed by atoms with E-state index in [-0.39, 0.29) is 17.6 Å². The van der Waals surface area contributed by atoms with Crippen molar-refractivity contribution < 1.29 is 9.59 Å². The maximum Gasteiger partial charge on any atom is 0.255 e. The minimum Gasteiger partial charge on any atom is -0.339 e. The number of ketones is 1. The van der Waals surface area contributed by atoms with Gasteiger partial charge < -0.3 is 4.90 Å². The van der Waals surface area contributed by atoms with Gasteiger partial charge in [-0.05, 0) is 54.8 Å². The second-order valence-corrected chi connectivity index (χ2v) is 9.07. The highest BCUT2D eigenvalue weighted by Crippen LogP contribution is 2.28. The van der Waals surface area contributed by atoms with E-state index >= 15 is 0 Å². The van der Waals surface area contributed by atoms with Crippen molar-refractivity contribution in [2.75, 3.05) is 13.1 Å². The third-order valence-corrected chi connectivity index (χ3v) is 6.81. The Kier molecular flexibility index (Phi) is 7.03. The predicted molar refractivity (Wildman–Crippen MR) is 126 cm³/mol. The molecule has 32 heavy (non-hydrogen) atoms. The second kappa shape index (κ2) is 10.3. The van der Waals surface area contributed by atoms with Gasteiger partial charge in [0.05, 0.1) is 17.2 Å². The summed E-state index contributed by atoms with van der Waals surface area (Å²) in [5.41, 5.74) is 1.85. The van der Waals surface area contributed by atoms with Crippen molar-refractivity contribution in [3.63, 3.8) is 0 Å². The molecule has 0 bridgehead atoms. The monoisotopic (exact) mass is 440 g/mol. The number of benzene rings is 3. The third kappa shape index (κ3) is 5.27. The molecule has 3 aromatic carbocycles. The summed E-state index contributed by atoms with van der Waals surface area (Å²) in [5.74, 6) is 0.0844. The number of likely N-dealkylation sites (tertiary alicyclic amines) is 1. The Balaban J connectivity index is 1.30. The molecular formula is C27H24N2O2S. The fraction of sp³-hybridized carbons (Fsp3) is 0.222. The summed E-state index contributed by atoms with van der Waals surface area (Å²) in [4.78, 5) is 29.7. The zero-order chi connectivity index (χ0) is 22.3. The van der Waals surface area contributed by atoms with Gasteiger partial charge in [0.1, 0.15) is 5.78 Å². The number of Topliss-reactive ketones (excluding diaryl/α,β-unsaturated/α-hetero) is 1. The second-order valence-electron chi connectivity index (χ2n) is 7.93. The molecule has 1 saturated heterocycles. The van der Waals surface area contributed by atoms with Gasteiger partial charge in [-0.25, -0.2) is 0 Å². The summed E-state index contributed by atoms with van der Waals surface area (Å²) in [6, 6.07) is 27.4. The number of carbonyl (C=O) groups excluding carboxylic acids is 2. The van der Waals surface area contributed by atoms with Gasteiger partial charge in [-0.1, -0.05) is 54.2 Å². The van der Waals surface area contributed by atoms with E-state index in [2.05, 4.69) is 30.3 Å². The predicted octanol–water partition coefficient (Wildman–Crippen LogP) is 5.37. The number of carbonyl (C=O) groups is 2. The number of rotatable bonds is 6. The highest BCUT2D eigenvalue weighted by Gasteiger charge is 2.28. The molecule has 5 heteroatoms. The Morgan fingerprint density at radius 1 is 0.875 bits per heavy atom. The van der Waals surface area contributed by atoms with E-state index in [0.717, 1.165) is 10.5 Å². The molecule has 1 heterocycles. The van der Waals surface area contributed by atoms with E-state index in [0.29, 0.717) is 43.5 Å². The Labute approximate surface area is 192 Å². The first-order valence-electron chi connectivity index (χ1n) is 10.8. The van der Waals surface area contributed by atoms with Crippen LogP contribution in [0.1, 0.15) is 34.3 Å². The number of nitrogens with zero attached hydrogens (tertiary/aromatic N) is 2. The molecule has 0 N–H and O–H groups in total. The fourth-order valence-electron chi connectivity index (χ4n) is 3.99. The fourth-order valence-corrected chi connectivity index (χ4v) is 4.83. The van der Waals surface area contributed by atoms with Crippen molar-refractivity contribution in [1.82, 2.24) is 4.90 Å². The lowest BCUT2D eigenvalue weighted by Crippen LogP contribution is -2.40. The average Bonchev–Trinajstić information content (AvgIpc) is 2.85. The number of hydrogen-bond acceptors (Lipinski definition) is 4. The van der Waals surface area contributed by atoms with Crippen molar-refractivity contribution in [3.05, 3.63) is 95.6 Å². The summed E-state index contributed by atoms with van der Waals surface area (Å²) in [6.07, 6.45) is 1.76. The first-order chi connectivity index (χ1) is 15.6. The SMILES string of the molecule is N#Cc1ccccc1C(=O)N1CCC(C(=O)Cc2ccc(Sc3ccccc3)cc2)CC1. The van der Waals surface area contributed by atoms with Crippen molar-refractivity contribution in [1.29, 1.82) is 5.26 Å². The Morgan fingerprint density at radius 3 is 2.19 bits per heavy atom. The molecule has 0 spiro atoms. The molecule has 0 aromatic heterocycles. The van der Waals surface area contributed by atoms with Crippen molar-refractivity contribution in [2.45, 2.75) is 29.1 Å². The van der Waals surface area contributed by atoms with E-state index in [1.807, 2.05) is 30.3 Å². The molecule has 1 amide bonds. The molecule has 0 saturated carbocycles. The molecular weight excluding hydrogens is 416 g/mol. The molecule has 4 rings (SSSR count). The van der Waals surface area contributed by atoms with Crippen LogP contribution in [0.25, 0.3) is 0 Å². The summed E-state index contributed by atoms with van der Waals surface area (Å²) < 4.78 is 0. The highest BCUT2D eigenvalue weighted by molar-refractivity contribution is 7.99. The van der Waals surface area contributed by atoms with Crippen LogP contribution in [-0.4, -0.2) is 29.7 Å². The zero-order valence-electron chi connectivity index (χ0n) is 17.7. The maximum atomic E-state index is 12.8. The van der Waals surface area contributed by atoms with Crippen LogP contribution in [0.2, 0.25) is 0 Å². The maximum absolute atomic E-state index is 12.8. The quantitative estimate of drug-likeness (QED) is 0.517. The van der Waals surface area contributed by atoms with Gasteiger partial charge >= 0.3 is 0 Å². The van der Waals surface area contributed by atoms with E-state index in [1.54, 1.807) is 40.9 Å². The standard InChI is InChI=1S/C27H24N2O2S/c28-19-22-6-4-5-9-25(22)27(31)29-16-14-21(15-17-29)26(30)18-20-10-12-24(13-11-20)32-23-7-2-1-3-8-23/h1-13,21H,14-18H2. The van der Waals surface area contributed by atoms with Crippen LogP contribution in [0.3, 0.4) is 0 Å². The summed E-state index contributed by atoms with van der Waals surface area (Å²) in [6.45, 7) is 1.09. The average molecular weight is 441 g/mol. The van der Waals surface area contributed by atoms with Crippen LogP contribution in [0.15, 0.2) is 88.7 Å². The van der Waals surface area contributed by atoms with Crippen molar-refractivity contribution >= 4 is 23.5 Å². The molecule has 160 valence electrons. The topological polar surface area (TPSA) is 61.2 Å². The van der Waals surface area contributed by atoms with E-state index in [9.17, 15) is 14.9 Å². The van der Waals surface area contributed by atoms with Crippen LogP contribution in [-0.2, 0) is 11.2 Å². The zero-order valence-corrected chi connectivity index (χ0v) is 18.6. The molecule has 1 aliphatic rings. The Hall–Kier alpha value is -3.36. The van der Waals surface area contributed by atoms with Gasteiger partial charge in [-0.3, -0.25) is 9.59 Å². The first-order valence-corrected chi connectivity index (χ1v) is 11.6. The van der Waals surface area contributed by atoms with Crippen LogP contribution >= 0.6 is 11.8 Å². The lowest BCUT2D eigenvalue weighted by atomic mass is 9.89. The summed E-state index contributed by atoms with van der Waals surface area (Å²) in [7, 11) is 0. The van der Waals surface area contributed by atoms with Gasteiger partial charge in [0.25, 0.3) is 5.91 Å². The Bertz CT molecular complexity index is 1130. The van der Waals surface area contributed by atoms with Crippen molar-refractivity contribution in [3.8, 4) is 6.07 Å². The van der Waals surface area contributed by atoms with Crippen LogP contribution < -0.4 is 0 Å². The molecule has 1 aliphatic heterocycles. The molecule has 0 aliphatic carbocycles. The molecule has 4 nitrogen and oxygen atoms in total. The number of piperidine rings is 1. The third-order valence-electron chi connectivity index (χ3n) is 5.80. The lowest BCUT2D eigenvalue weighted by molar-refractivity contribution is -0.123. The molecule has 0 atom stereocenters. The van der Waals surface area contributed by atoms with Crippen molar-refractivity contribution in [2.24, 2.45) is 5.92 Å². The van der Waals surface area contributed by atoms with Crippen LogP contribution in [0.5, 0.6) is 0 Å². The van der Waals surface area contributed by atoms with Crippen LogP contribution in [0.4, 0.5) is 0 Å². The number of hydrogen-bond donors (Lipinski definition) is 0. The number of amides is 1. The molecule has 0 radical (unpaired) electrons. The molecule has 0 unspecified atom stereocenters. The smallest absolute Gasteiger partial charge is 0.255 e. The van der Waals surface area contributed by atoms with Gasteiger partial charge in [-0.2, -0.15) is 5.26 Å². The molecule has 1 fully saturated rings. The number of nitriles is 1. The minimum absolute atomic E-state index is 0.0244. The van der Waals surface area contributed by atoms with Gasteiger partial charge in [0.15, 0.2) is 0 Å². The van der Waals surface area contributed by atoms with Gasteiger partial charge in [0.2, 0.25) is 0 Å². The van der Waals surface area contributed by atoms with E-state index in [4.69, 9.17) is 0 Å². The lowest BCUT2D eigenvalue weighted by Gasteiger charge is -2.31. The minimum atomic E-state index is -0.125. The van der Waals surface area contributed by atoms with E-state index < -0.39 is 0 Å². The van der Waals surface area contributed by atoms with Crippen LogP contribution in [0, 0.1) is 17.2 Å². The normalized spacial score (nSPS) is 14.0. The highest BCUT2D eigenvalue weighted by atomic mass is 32.2. The van der Waals surface area contributed by atoms with E-state index in [1.165, 1.54) is 4.90 Å². The van der Waals surface area contributed by atoms with Gasteiger partial charge in [-0.15, -0.1) is 0 Å².